The molecule has 0 N–H and O–H groups in total. The second-order valence-electron chi connectivity index (χ2n) is 6.08. The van der Waals surface area contributed by atoms with E-state index in [0.29, 0.717) is 16.6 Å². The number of halogens is 1. The number of sulfonamides is 1. The van der Waals surface area contributed by atoms with Crippen molar-refractivity contribution >= 4 is 48.7 Å². The second kappa shape index (κ2) is 8.42. The number of thiophene rings is 1. The molecule has 0 saturated heterocycles. The van der Waals surface area contributed by atoms with Crippen LogP contribution in [0, 0.1) is 17.0 Å². The standard InChI is InChI=1S/C19H17BrN2O4S2/c1-14-12-27-13-15(14)10-11-21(17-7-3-2-6-16(17)20)28(25,26)19-9-5-4-8-18(19)22(23)24/h2-9,12-13H,10-11H2,1H3. The van der Waals surface area contributed by atoms with Crippen LogP contribution in [0.3, 0.4) is 0 Å². The van der Waals surface area contributed by atoms with Crippen LogP contribution < -0.4 is 4.31 Å². The molecular weight excluding hydrogens is 464 g/mol. The third-order valence-corrected chi connectivity index (χ3v) is 7.74. The summed E-state index contributed by atoms with van der Waals surface area (Å²) in [4.78, 5) is 10.4. The zero-order chi connectivity index (χ0) is 20.3. The number of nitrogens with zero attached hydrogens (tertiary/aromatic N) is 2. The van der Waals surface area contributed by atoms with Crippen LogP contribution in [0.2, 0.25) is 0 Å². The fraction of sp³-hybridized carbons (Fsp3) is 0.158. The number of nitro benzene ring substituents is 1. The van der Waals surface area contributed by atoms with Crippen LogP contribution >= 0.6 is 27.3 Å². The quantitative estimate of drug-likeness (QED) is 0.345. The van der Waals surface area contributed by atoms with E-state index in [1.165, 1.54) is 28.6 Å². The molecule has 0 saturated carbocycles. The zero-order valence-electron chi connectivity index (χ0n) is 14.9. The minimum atomic E-state index is -4.15. The van der Waals surface area contributed by atoms with Gasteiger partial charge in [-0.05, 0) is 69.4 Å². The average molecular weight is 481 g/mol. The third-order valence-electron chi connectivity index (χ3n) is 4.30. The molecular formula is C19H17BrN2O4S2. The predicted molar refractivity (Wildman–Crippen MR) is 115 cm³/mol. The maximum absolute atomic E-state index is 13.5. The Morgan fingerprint density at radius 2 is 1.79 bits per heavy atom. The van der Waals surface area contributed by atoms with Gasteiger partial charge in [-0.2, -0.15) is 11.3 Å². The van der Waals surface area contributed by atoms with E-state index >= 15 is 0 Å². The maximum Gasteiger partial charge on any atom is 0.289 e. The molecule has 0 aliphatic carbocycles. The highest BCUT2D eigenvalue weighted by molar-refractivity contribution is 9.10. The van der Waals surface area contributed by atoms with Gasteiger partial charge in [-0.3, -0.25) is 14.4 Å². The molecule has 0 radical (unpaired) electrons. The van der Waals surface area contributed by atoms with E-state index in [0.717, 1.165) is 11.1 Å². The normalized spacial score (nSPS) is 11.4. The molecule has 0 aliphatic rings. The fourth-order valence-corrected chi connectivity index (χ4v) is 5.99. The van der Waals surface area contributed by atoms with Gasteiger partial charge in [0.2, 0.25) is 0 Å². The van der Waals surface area contributed by atoms with Gasteiger partial charge < -0.3 is 0 Å². The number of rotatable bonds is 7. The topological polar surface area (TPSA) is 80.5 Å². The highest BCUT2D eigenvalue weighted by Gasteiger charge is 2.32. The number of hydrogen-bond donors (Lipinski definition) is 0. The molecule has 0 fully saturated rings. The van der Waals surface area contributed by atoms with Gasteiger partial charge in [0.1, 0.15) is 0 Å². The molecule has 0 amide bonds. The number of nitro groups is 1. The second-order valence-corrected chi connectivity index (χ2v) is 9.51. The molecule has 9 heteroatoms. The molecule has 28 heavy (non-hydrogen) atoms. The lowest BCUT2D eigenvalue weighted by Crippen LogP contribution is -2.33. The summed E-state index contributed by atoms with van der Waals surface area (Å²) < 4.78 is 28.7. The Labute approximate surface area is 175 Å². The first kappa shape index (κ1) is 20.5. The van der Waals surface area contributed by atoms with E-state index in [-0.39, 0.29) is 11.4 Å². The van der Waals surface area contributed by atoms with Crippen LogP contribution in [0.15, 0.2) is 68.7 Å². The molecule has 146 valence electrons. The van der Waals surface area contributed by atoms with Crippen LogP contribution in [0.4, 0.5) is 11.4 Å². The Morgan fingerprint density at radius 1 is 1.11 bits per heavy atom. The van der Waals surface area contributed by atoms with Crippen LogP contribution in [-0.4, -0.2) is 19.9 Å². The Morgan fingerprint density at radius 3 is 2.43 bits per heavy atom. The fourth-order valence-electron chi connectivity index (χ4n) is 2.83. The zero-order valence-corrected chi connectivity index (χ0v) is 18.1. The lowest BCUT2D eigenvalue weighted by molar-refractivity contribution is -0.387. The van der Waals surface area contributed by atoms with Crippen molar-refractivity contribution in [3.05, 3.63) is 85.0 Å². The van der Waals surface area contributed by atoms with E-state index in [2.05, 4.69) is 15.9 Å². The molecule has 0 aliphatic heterocycles. The van der Waals surface area contributed by atoms with Gasteiger partial charge in [0, 0.05) is 17.1 Å². The molecule has 3 rings (SSSR count). The van der Waals surface area contributed by atoms with Gasteiger partial charge in [0.15, 0.2) is 4.90 Å². The third kappa shape index (κ3) is 4.11. The summed E-state index contributed by atoms with van der Waals surface area (Å²) in [5.41, 5.74) is 2.15. The van der Waals surface area contributed by atoms with Crippen molar-refractivity contribution in [3.63, 3.8) is 0 Å². The number of para-hydroxylation sites is 2. The van der Waals surface area contributed by atoms with Crippen molar-refractivity contribution in [1.82, 2.24) is 0 Å². The van der Waals surface area contributed by atoms with Gasteiger partial charge in [0.05, 0.1) is 10.6 Å². The molecule has 6 nitrogen and oxygen atoms in total. The summed E-state index contributed by atoms with van der Waals surface area (Å²) in [6.45, 7) is 2.14. The minimum Gasteiger partial charge on any atom is -0.265 e. The Balaban J connectivity index is 2.09. The number of hydrogen-bond acceptors (Lipinski definition) is 5. The van der Waals surface area contributed by atoms with Gasteiger partial charge in [-0.1, -0.05) is 24.3 Å². The Hall–Kier alpha value is -2.23. The van der Waals surface area contributed by atoms with Crippen molar-refractivity contribution in [2.45, 2.75) is 18.2 Å². The van der Waals surface area contributed by atoms with E-state index < -0.39 is 20.6 Å². The highest BCUT2D eigenvalue weighted by atomic mass is 79.9. The molecule has 2 aromatic carbocycles. The molecule has 3 aromatic rings. The van der Waals surface area contributed by atoms with Gasteiger partial charge in [-0.15, -0.1) is 0 Å². The largest absolute Gasteiger partial charge is 0.289 e. The Kier molecular flexibility index (Phi) is 6.17. The summed E-state index contributed by atoms with van der Waals surface area (Å²) in [5, 5.41) is 15.4. The molecule has 1 heterocycles. The van der Waals surface area contributed by atoms with Gasteiger partial charge >= 0.3 is 0 Å². The summed E-state index contributed by atoms with van der Waals surface area (Å²) in [5.74, 6) is 0. The van der Waals surface area contributed by atoms with Crippen molar-refractivity contribution in [3.8, 4) is 0 Å². The maximum atomic E-state index is 13.5. The van der Waals surface area contributed by atoms with Crippen LogP contribution in [0.25, 0.3) is 0 Å². The number of aryl methyl sites for hydroxylation is 1. The van der Waals surface area contributed by atoms with Crippen molar-refractivity contribution in [2.24, 2.45) is 0 Å². The van der Waals surface area contributed by atoms with Gasteiger partial charge in [-0.25, -0.2) is 8.42 Å². The van der Waals surface area contributed by atoms with E-state index in [9.17, 15) is 18.5 Å². The summed E-state index contributed by atoms with van der Waals surface area (Å²) in [6, 6.07) is 12.4. The molecule has 0 spiro atoms. The molecule has 0 atom stereocenters. The van der Waals surface area contributed by atoms with E-state index in [1.54, 1.807) is 35.6 Å². The first-order valence-electron chi connectivity index (χ1n) is 8.34. The van der Waals surface area contributed by atoms with Crippen LogP contribution in [-0.2, 0) is 16.4 Å². The van der Waals surface area contributed by atoms with Crippen molar-refractivity contribution in [2.75, 3.05) is 10.8 Å². The highest BCUT2D eigenvalue weighted by Crippen LogP contribution is 2.34. The lowest BCUT2D eigenvalue weighted by atomic mass is 10.1. The lowest BCUT2D eigenvalue weighted by Gasteiger charge is -2.25. The molecule has 0 bridgehead atoms. The van der Waals surface area contributed by atoms with Gasteiger partial charge in [0.25, 0.3) is 15.7 Å². The first-order chi connectivity index (χ1) is 13.3. The Bertz CT molecular complexity index is 1110. The SMILES string of the molecule is Cc1cscc1CCN(c1ccccc1Br)S(=O)(=O)c1ccccc1[N+](=O)[O-]. The van der Waals surface area contributed by atoms with Crippen molar-refractivity contribution < 1.29 is 13.3 Å². The number of benzene rings is 2. The van der Waals surface area contributed by atoms with E-state index in [1.807, 2.05) is 17.7 Å². The minimum absolute atomic E-state index is 0.161. The summed E-state index contributed by atoms with van der Waals surface area (Å²) in [7, 11) is -4.15. The first-order valence-corrected chi connectivity index (χ1v) is 11.5. The molecule has 0 unspecified atom stereocenters. The molecule has 1 aromatic heterocycles. The van der Waals surface area contributed by atoms with Crippen LogP contribution in [0.1, 0.15) is 11.1 Å². The average Bonchev–Trinajstić information content (AvgIpc) is 3.08. The smallest absolute Gasteiger partial charge is 0.265 e. The predicted octanol–water partition coefficient (Wildman–Crippen LogP) is 5.17. The van der Waals surface area contributed by atoms with E-state index in [4.69, 9.17) is 0 Å². The monoisotopic (exact) mass is 480 g/mol. The number of anilines is 1. The summed E-state index contributed by atoms with van der Waals surface area (Å²) in [6.07, 6.45) is 0.497. The van der Waals surface area contributed by atoms with Crippen molar-refractivity contribution in [1.29, 1.82) is 0 Å². The van der Waals surface area contributed by atoms with Crippen LogP contribution in [0.5, 0.6) is 0 Å². The summed E-state index contributed by atoms with van der Waals surface area (Å²) >= 11 is 4.97.